The molecule has 1 aromatic rings. The molecule has 0 aromatic carbocycles. The Bertz CT molecular complexity index is 554. The molecular weight excluding hydrogens is 282 g/mol. The molecule has 104 valence electrons. The number of sulfonamides is 1. The molecule has 3 heterocycles. The maximum atomic E-state index is 12.2. The molecule has 0 radical (unpaired) electrons. The molecule has 0 N–H and O–H groups in total. The van der Waals surface area contributed by atoms with E-state index in [4.69, 9.17) is 0 Å². The average Bonchev–Trinajstić information content (AvgIpc) is 2.81. The van der Waals surface area contributed by atoms with Crippen molar-refractivity contribution in [3.05, 3.63) is 11.6 Å². The van der Waals surface area contributed by atoms with Crippen molar-refractivity contribution >= 4 is 26.5 Å². The van der Waals surface area contributed by atoms with Crippen molar-refractivity contribution in [2.45, 2.75) is 18.1 Å². The van der Waals surface area contributed by atoms with E-state index in [1.807, 2.05) is 11.6 Å². The van der Waals surface area contributed by atoms with Gasteiger partial charge in [0.2, 0.25) is 10.0 Å². The van der Waals surface area contributed by atoms with Crippen LogP contribution < -0.4 is 4.90 Å². The van der Waals surface area contributed by atoms with Gasteiger partial charge in [0, 0.05) is 37.8 Å². The van der Waals surface area contributed by atoms with E-state index in [1.165, 1.54) is 0 Å². The molecule has 1 saturated carbocycles. The van der Waals surface area contributed by atoms with Gasteiger partial charge in [0.25, 0.3) is 0 Å². The summed E-state index contributed by atoms with van der Waals surface area (Å²) in [7, 11) is -2.98. The Balaban J connectivity index is 1.46. The third-order valence-corrected chi connectivity index (χ3v) is 7.61. The van der Waals surface area contributed by atoms with Gasteiger partial charge in [0.1, 0.15) is 0 Å². The lowest BCUT2D eigenvalue weighted by molar-refractivity contribution is 0.452. The molecule has 2 saturated heterocycles. The van der Waals surface area contributed by atoms with Crippen LogP contribution in [0.5, 0.6) is 0 Å². The molecule has 3 aliphatic rings. The molecular formula is C12H17N3O2S2. The van der Waals surface area contributed by atoms with Crippen LogP contribution in [0.25, 0.3) is 0 Å². The predicted octanol–water partition coefficient (Wildman–Crippen LogP) is 1.00. The minimum Gasteiger partial charge on any atom is -0.347 e. The summed E-state index contributed by atoms with van der Waals surface area (Å²) >= 11 is 1.66. The van der Waals surface area contributed by atoms with Crippen LogP contribution in [-0.4, -0.2) is 49.1 Å². The van der Waals surface area contributed by atoms with Crippen LogP contribution in [0.2, 0.25) is 0 Å². The zero-order valence-electron chi connectivity index (χ0n) is 10.6. The van der Waals surface area contributed by atoms with E-state index >= 15 is 0 Å². The molecule has 2 atom stereocenters. The highest BCUT2D eigenvalue weighted by Gasteiger charge is 2.48. The maximum Gasteiger partial charge on any atom is 0.217 e. The fourth-order valence-electron chi connectivity index (χ4n) is 3.26. The van der Waals surface area contributed by atoms with E-state index in [1.54, 1.807) is 15.6 Å². The summed E-state index contributed by atoms with van der Waals surface area (Å²) in [5.74, 6) is 0.967. The molecule has 7 heteroatoms. The summed E-state index contributed by atoms with van der Waals surface area (Å²) in [6, 6.07) is 0. The fraction of sp³-hybridized carbons (Fsp3) is 0.750. The van der Waals surface area contributed by atoms with Crippen LogP contribution in [-0.2, 0) is 10.0 Å². The summed E-state index contributed by atoms with van der Waals surface area (Å²) in [5.41, 5.74) is 0. The van der Waals surface area contributed by atoms with E-state index < -0.39 is 10.0 Å². The Labute approximate surface area is 117 Å². The number of nitrogens with zero attached hydrogens (tertiary/aromatic N) is 3. The molecule has 5 nitrogen and oxygen atoms in total. The monoisotopic (exact) mass is 299 g/mol. The second-order valence-corrected chi connectivity index (χ2v) is 8.89. The number of hydrogen-bond acceptors (Lipinski definition) is 5. The van der Waals surface area contributed by atoms with Gasteiger partial charge in [0.05, 0.1) is 5.25 Å². The number of thiazole rings is 1. The quantitative estimate of drug-likeness (QED) is 0.836. The normalized spacial score (nSPS) is 31.9. The number of aromatic nitrogens is 1. The second kappa shape index (κ2) is 4.17. The first-order valence-electron chi connectivity index (χ1n) is 6.78. The van der Waals surface area contributed by atoms with Crippen LogP contribution in [0.15, 0.2) is 11.6 Å². The Kier molecular flexibility index (Phi) is 2.65. The summed E-state index contributed by atoms with van der Waals surface area (Å²) in [6.07, 6.45) is 3.55. The molecule has 2 aliphatic heterocycles. The minimum atomic E-state index is -2.98. The van der Waals surface area contributed by atoms with Crippen molar-refractivity contribution in [3.8, 4) is 0 Å². The van der Waals surface area contributed by atoms with Crippen LogP contribution in [0.1, 0.15) is 12.8 Å². The minimum absolute atomic E-state index is 0.0682. The molecule has 0 spiro atoms. The highest BCUT2D eigenvalue weighted by Crippen LogP contribution is 2.39. The first-order valence-corrected chi connectivity index (χ1v) is 9.16. The van der Waals surface area contributed by atoms with Crippen LogP contribution in [0.3, 0.4) is 0 Å². The smallest absolute Gasteiger partial charge is 0.217 e. The topological polar surface area (TPSA) is 53.5 Å². The van der Waals surface area contributed by atoms with Gasteiger partial charge < -0.3 is 4.90 Å². The lowest BCUT2D eigenvalue weighted by Gasteiger charge is -2.20. The molecule has 0 bridgehead atoms. The summed E-state index contributed by atoms with van der Waals surface area (Å²) in [4.78, 5) is 6.65. The standard InChI is InChI=1S/C12H17N3O2S2/c16-19(17,11-1-2-11)15-7-9-5-14(6-10(9)8-15)12-13-3-4-18-12/h3-4,9-11H,1-2,5-8H2. The van der Waals surface area contributed by atoms with Crippen molar-refractivity contribution in [3.63, 3.8) is 0 Å². The number of fused-ring (bicyclic) bond motifs is 1. The lowest BCUT2D eigenvalue weighted by atomic mass is 10.0. The predicted molar refractivity (Wildman–Crippen MR) is 74.8 cm³/mol. The van der Waals surface area contributed by atoms with Gasteiger partial charge in [-0.1, -0.05) is 0 Å². The largest absolute Gasteiger partial charge is 0.347 e. The number of anilines is 1. The van der Waals surface area contributed by atoms with Crippen LogP contribution in [0.4, 0.5) is 5.13 Å². The molecule has 1 aromatic heterocycles. The Morgan fingerprint density at radius 2 is 1.84 bits per heavy atom. The van der Waals surface area contributed by atoms with E-state index in [0.29, 0.717) is 24.9 Å². The number of hydrogen-bond donors (Lipinski definition) is 0. The Morgan fingerprint density at radius 3 is 2.37 bits per heavy atom. The highest BCUT2D eigenvalue weighted by atomic mass is 32.2. The molecule has 1 aliphatic carbocycles. The molecule has 19 heavy (non-hydrogen) atoms. The third kappa shape index (κ3) is 1.98. The summed E-state index contributed by atoms with van der Waals surface area (Å²) in [6.45, 7) is 3.33. The SMILES string of the molecule is O=S(=O)(C1CC1)N1CC2CN(c3nccs3)CC2C1. The zero-order chi connectivity index (χ0) is 13.0. The lowest BCUT2D eigenvalue weighted by Crippen LogP contribution is -2.35. The van der Waals surface area contributed by atoms with Crippen LogP contribution in [0, 0.1) is 11.8 Å². The van der Waals surface area contributed by atoms with Crippen LogP contribution >= 0.6 is 11.3 Å². The zero-order valence-corrected chi connectivity index (χ0v) is 12.2. The molecule has 4 rings (SSSR count). The Hall–Kier alpha value is -0.660. The second-order valence-electron chi connectivity index (χ2n) is 5.80. The summed E-state index contributed by atoms with van der Waals surface area (Å²) < 4.78 is 26.2. The Morgan fingerprint density at radius 1 is 1.16 bits per heavy atom. The van der Waals surface area contributed by atoms with Gasteiger partial charge in [-0.15, -0.1) is 11.3 Å². The molecule has 2 unspecified atom stereocenters. The molecule has 0 amide bonds. The highest BCUT2D eigenvalue weighted by molar-refractivity contribution is 7.90. The van der Waals surface area contributed by atoms with Crippen molar-refractivity contribution in [2.75, 3.05) is 31.1 Å². The van der Waals surface area contributed by atoms with Crippen molar-refractivity contribution in [1.82, 2.24) is 9.29 Å². The molecule has 3 fully saturated rings. The van der Waals surface area contributed by atoms with Crippen molar-refractivity contribution in [2.24, 2.45) is 11.8 Å². The first kappa shape index (κ1) is 12.1. The number of rotatable bonds is 3. The van der Waals surface area contributed by atoms with Gasteiger partial charge in [-0.05, 0) is 24.7 Å². The van der Waals surface area contributed by atoms with Gasteiger partial charge in [-0.3, -0.25) is 0 Å². The van der Waals surface area contributed by atoms with E-state index in [0.717, 1.165) is 31.1 Å². The van der Waals surface area contributed by atoms with Crippen molar-refractivity contribution in [1.29, 1.82) is 0 Å². The maximum absolute atomic E-state index is 12.2. The van der Waals surface area contributed by atoms with Crippen molar-refractivity contribution < 1.29 is 8.42 Å². The van der Waals surface area contributed by atoms with E-state index in [9.17, 15) is 8.42 Å². The van der Waals surface area contributed by atoms with E-state index in [-0.39, 0.29) is 5.25 Å². The van der Waals surface area contributed by atoms with Gasteiger partial charge in [-0.2, -0.15) is 0 Å². The summed E-state index contributed by atoms with van der Waals surface area (Å²) in [5, 5.41) is 3.00. The average molecular weight is 299 g/mol. The van der Waals surface area contributed by atoms with E-state index in [2.05, 4.69) is 9.88 Å². The third-order valence-electron chi connectivity index (χ3n) is 4.45. The fourth-order valence-corrected chi connectivity index (χ4v) is 5.88. The first-order chi connectivity index (χ1) is 9.14. The van der Waals surface area contributed by atoms with Gasteiger partial charge in [0.15, 0.2) is 5.13 Å². The van der Waals surface area contributed by atoms with Gasteiger partial charge in [-0.25, -0.2) is 17.7 Å². The van der Waals surface area contributed by atoms with Gasteiger partial charge >= 0.3 is 0 Å².